The van der Waals surface area contributed by atoms with Crippen LogP contribution in [0.5, 0.6) is 0 Å². The zero-order chi connectivity index (χ0) is 22.6. The molecule has 0 aromatic carbocycles. The minimum atomic E-state index is 0.169. The molecular formula is C29H42. The van der Waals surface area contributed by atoms with Crippen molar-refractivity contribution >= 4 is 0 Å². The molecule has 0 aromatic heterocycles. The molecule has 0 amide bonds. The first-order valence-corrected chi connectivity index (χ1v) is 11.3. The van der Waals surface area contributed by atoms with Crippen molar-refractivity contribution in [3.8, 4) is 0 Å². The summed E-state index contributed by atoms with van der Waals surface area (Å²) in [6, 6.07) is 0. The molecule has 3 aliphatic carbocycles. The van der Waals surface area contributed by atoms with E-state index < -0.39 is 0 Å². The van der Waals surface area contributed by atoms with Crippen LogP contribution in [-0.2, 0) is 0 Å². The van der Waals surface area contributed by atoms with E-state index >= 15 is 0 Å². The molecule has 0 nitrogen and oxygen atoms in total. The van der Waals surface area contributed by atoms with E-state index in [2.05, 4.69) is 87.5 Å². The molecule has 0 radical (unpaired) electrons. The lowest BCUT2D eigenvalue weighted by Gasteiger charge is -2.61. The Kier molecular flexibility index (Phi) is 5.00. The van der Waals surface area contributed by atoms with Gasteiger partial charge in [0.05, 0.1) is 1.37 Å². The smallest absolute Gasteiger partial charge is 0.0538 e. The SMILES string of the molecule is [2H]C=CC1=C(C)C2=C(C)C3=C(C)/C(=C/C=C/C)CC(C)(C)C3C(C)(C)C2C(C)(C)C1. The van der Waals surface area contributed by atoms with Gasteiger partial charge in [-0.15, -0.1) is 0 Å². The maximum Gasteiger partial charge on any atom is 0.0538 e. The highest BCUT2D eigenvalue weighted by Crippen LogP contribution is 2.67. The minimum Gasteiger partial charge on any atom is -0.0988 e. The zero-order valence-electron chi connectivity index (χ0n) is 21.5. The molecular weight excluding hydrogens is 348 g/mol. The molecule has 2 atom stereocenters. The molecule has 29 heavy (non-hydrogen) atoms. The number of rotatable bonds is 2. The summed E-state index contributed by atoms with van der Waals surface area (Å²) in [6.07, 6.45) is 10.9. The van der Waals surface area contributed by atoms with Crippen LogP contribution >= 0.6 is 0 Å². The average molecular weight is 392 g/mol. The molecule has 0 aliphatic heterocycles. The van der Waals surface area contributed by atoms with E-state index in [-0.39, 0.29) is 16.2 Å². The molecule has 158 valence electrons. The van der Waals surface area contributed by atoms with Gasteiger partial charge in [0.25, 0.3) is 0 Å². The molecule has 0 heteroatoms. The zero-order valence-corrected chi connectivity index (χ0v) is 20.5. The van der Waals surface area contributed by atoms with Crippen molar-refractivity contribution in [3.63, 3.8) is 0 Å². The van der Waals surface area contributed by atoms with Gasteiger partial charge in [-0.1, -0.05) is 72.4 Å². The first-order valence-electron chi connectivity index (χ1n) is 11.9. The maximum atomic E-state index is 7.69. The molecule has 0 heterocycles. The fourth-order valence-electron chi connectivity index (χ4n) is 7.66. The predicted octanol–water partition coefficient (Wildman–Crippen LogP) is 8.76. The monoisotopic (exact) mass is 391 g/mol. The highest BCUT2D eigenvalue weighted by molar-refractivity contribution is 5.60. The molecule has 0 N–H and O–H groups in total. The van der Waals surface area contributed by atoms with Crippen LogP contribution in [0.1, 0.15) is 83.4 Å². The molecule has 0 fully saturated rings. The molecule has 0 saturated carbocycles. The first-order chi connectivity index (χ1) is 13.8. The summed E-state index contributed by atoms with van der Waals surface area (Å²) in [7, 11) is 0. The van der Waals surface area contributed by atoms with Crippen molar-refractivity contribution in [2.45, 2.75) is 82.1 Å². The lowest BCUT2D eigenvalue weighted by molar-refractivity contribution is -0.00510. The van der Waals surface area contributed by atoms with Gasteiger partial charge in [0, 0.05) is 0 Å². The van der Waals surface area contributed by atoms with E-state index in [0.29, 0.717) is 11.8 Å². The van der Waals surface area contributed by atoms with Crippen molar-refractivity contribution in [2.75, 3.05) is 0 Å². The summed E-state index contributed by atoms with van der Waals surface area (Å²) in [5.41, 5.74) is 10.9. The highest BCUT2D eigenvalue weighted by Gasteiger charge is 2.58. The van der Waals surface area contributed by atoms with Crippen LogP contribution in [0.2, 0.25) is 0 Å². The third-order valence-electron chi connectivity index (χ3n) is 8.19. The molecule has 0 spiro atoms. The molecule has 3 aliphatic rings. The fourth-order valence-corrected chi connectivity index (χ4v) is 7.66. The highest BCUT2D eigenvalue weighted by atomic mass is 14.6. The summed E-state index contributed by atoms with van der Waals surface area (Å²) >= 11 is 0. The van der Waals surface area contributed by atoms with Crippen molar-refractivity contribution in [3.05, 3.63) is 69.9 Å². The van der Waals surface area contributed by atoms with Crippen molar-refractivity contribution in [1.82, 2.24) is 0 Å². The number of fused-ring (bicyclic) bond motifs is 2. The lowest BCUT2D eigenvalue weighted by Crippen LogP contribution is -2.53. The van der Waals surface area contributed by atoms with Gasteiger partial charge in [0.2, 0.25) is 0 Å². The molecule has 0 bridgehead atoms. The van der Waals surface area contributed by atoms with Gasteiger partial charge in [0.15, 0.2) is 0 Å². The maximum absolute atomic E-state index is 7.69. The Morgan fingerprint density at radius 2 is 1.41 bits per heavy atom. The topological polar surface area (TPSA) is 0 Å². The first kappa shape index (κ1) is 20.7. The van der Waals surface area contributed by atoms with Crippen molar-refractivity contribution in [1.29, 1.82) is 0 Å². The van der Waals surface area contributed by atoms with Gasteiger partial charge < -0.3 is 0 Å². The minimum absolute atomic E-state index is 0.169. The van der Waals surface area contributed by atoms with E-state index in [0.717, 1.165) is 12.8 Å². The third-order valence-corrected chi connectivity index (χ3v) is 8.19. The standard InChI is InChI=1S/C29H42/c1-12-14-15-22-17-28(8,9)26-24(19(22)4)20(5)23-18(3)21(13-2)16-27(6,7)25(23)29(26,10)11/h12-15,25-26H,2,16-17H2,1,3-11H3/b14-12+,22-15+/i2D/b13-2?,14-12+,22-15+. The fraction of sp³-hybridized carbons (Fsp3) is 0.586. The summed E-state index contributed by atoms with van der Waals surface area (Å²) in [5, 5.41) is 0. The number of hydrogen-bond acceptors (Lipinski definition) is 0. The van der Waals surface area contributed by atoms with Crippen LogP contribution in [0.4, 0.5) is 0 Å². The van der Waals surface area contributed by atoms with Gasteiger partial charge in [-0.3, -0.25) is 0 Å². The van der Waals surface area contributed by atoms with Crippen molar-refractivity contribution < 1.29 is 1.37 Å². The predicted molar refractivity (Wildman–Crippen MR) is 129 cm³/mol. The summed E-state index contributed by atoms with van der Waals surface area (Å²) in [6.45, 7) is 25.5. The third kappa shape index (κ3) is 3.18. The van der Waals surface area contributed by atoms with Gasteiger partial charge in [0.1, 0.15) is 0 Å². The van der Waals surface area contributed by atoms with Gasteiger partial charge in [-0.25, -0.2) is 0 Å². The van der Waals surface area contributed by atoms with E-state index in [1.54, 1.807) is 11.1 Å². The number of hydrogen-bond donors (Lipinski definition) is 0. The summed E-state index contributed by atoms with van der Waals surface area (Å²) in [4.78, 5) is 0. The van der Waals surface area contributed by atoms with Crippen LogP contribution in [0, 0.1) is 28.1 Å². The van der Waals surface area contributed by atoms with Crippen LogP contribution in [-0.4, -0.2) is 0 Å². The van der Waals surface area contributed by atoms with E-state index in [9.17, 15) is 0 Å². The van der Waals surface area contributed by atoms with Gasteiger partial charge >= 0.3 is 0 Å². The Hall–Kier alpha value is -1.56. The Morgan fingerprint density at radius 1 is 0.862 bits per heavy atom. The van der Waals surface area contributed by atoms with Gasteiger partial charge in [-0.2, -0.15) is 0 Å². The van der Waals surface area contributed by atoms with E-state index in [4.69, 9.17) is 1.37 Å². The quantitative estimate of drug-likeness (QED) is 0.441. The second-order valence-electron chi connectivity index (χ2n) is 11.6. The van der Waals surface area contributed by atoms with Crippen LogP contribution in [0.15, 0.2) is 69.9 Å². The van der Waals surface area contributed by atoms with Crippen molar-refractivity contribution in [2.24, 2.45) is 28.1 Å². The Bertz CT molecular complexity index is 921. The Labute approximate surface area is 181 Å². The molecule has 0 saturated heterocycles. The van der Waals surface area contributed by atoms with E-state index in [1.165, 1.54) is 34.4 Å². The molecule has 2 unspecified atom stereocenters. The van der Waals surface area contributed by atoms with Crippen LogP contribution in [0.25, 0.3) is 0 Å². The number of allylic oxidation sites excluding steroid dienone is 11. The van der Waals surface area contributed by atoms with Crippen LogP contribution in [0.3, 0.4) is 0 Å². The second kappa shape index (κ2) is 7.00. The average Bonchev–Trinajstić information content (AvgIpc) is 2.62. The van der Waals surface area contributed by atoms with Gasteiger partial charge in [-0.05, 0) is 108 Å². The summed E-state index contributed by atoms with van der Waals surface area (Å²) < 4.78 is 7.69. The molecule has 0 aromatic rings. The Balaban J connectivity index is 2.43. The normalized spacial score (nSPS) is 32.9. The summed E-state index contributed by atoms with van der Waals surface area (Å²) in [5.74, 6) is 1.07. The lowest BCUT2D eigenvalue weighted by atomic mass is 9.42. The largest absolute Gasteiger partial charge is 0.0988 e. The van der Waals surface area contributed by atoms with Crippen LogP contribution < -0.4 is 0 Å². The second-order valence-corrected chi connectivity index (χ2v) is 11.6. The van der Waals surface area contributed by atoms with E-state index in [1.807, 2.05) is 6.08 Å². The Morgan fingerprint density at radius 3 is 1.97 bits per heavy atom. The molecule has 3 rings (SSSR count).